The lowest BCUT2D eigenvalue weighted by Crippen LogP contribution is -2.45. The molecule has 194 valence electrons. The minimum Gasteiger partial charge on any atom is -0.433 e. The number of hydrogen-bond acceptors (Lipinski definition) is 6. The summed E-state index contributed by atoms with van der Waals surface area (Å²) in [6, 6.07) is 6.80. The first-order chi connectivity index (χ1) is 17.6. The van der Waals surface area contributed by atoms with Crippen LogP contribution in [0.4, 0.5) is 39.1 Å². The number of fused-ring (bicyclic) bond motifs is 1. The number of aromatic nitrogens is 2. The van der Waals surface area contributed by atoms with E-state index in [9.17, 15) is 17.6 Å². The van der Waals surface area contributed by atoms with E-state index in [1.165, 1.54) is 18.2 Å². The van der Waals surface area contributed by atoms with E-state index in [1.807, 2.05) is 18.9 Å². The molecule has 1 aliphatic heterocycles. The molecule has 37 heavy (non-hydrogen) atoms. The van der Waals surface area contributed by atoms with Gasteiger partial charge in [-0.05, 0) is 50.2 Å². The molecule has 0 radical (unpaired) electrons. The highest BCUT2D eigenvalue weighted by Crippen LogP contribution is 2.40. The molecule has 6 nitrogen and oxygen atoms in total. The van der Waals surface area contributed by atoms with Crippen molar-refractivity contribution in [1.29, 1.82) is 0 Å². The molecule has 1 aliphatic carbocycles. The zero-order valence-corrected chi connectivity index (χ0v) is 20.2. The van der Waals surface area contributed by atoms with Gasteiger partial charge in [0.2, 0.25) is 5.82 Å². The normalized spacial score (nSPS) is 16.0. The van der Waals surface area contributed by atoms with Crippen LogP contribution in [0.15, 0.2) is 42.2 Å². The Hall–Kier alpha value is -3.73. The van der Waals surface area contributed by atoms with Crippen molar-refractivity contribution in [3.8, 4) is 11.6 Å². The summed E-state index contributed by atoms with van der Waals surface area (Å²) < 4.78 is 77.2. The summed E-state index contributed by atoms with van der Waals surface area (Å²) in [5, 5.41) is 2.57. The lowest BCUT2D eigenvalue weighted by Gasteiger charge is -2.35. The smallest absolute Gasteiger partial charge is 0.418 e. The van der Waals surface area contributed by atoms with Crippen molar-refractivity contribution < 1.29 is 26.7 Å². The largest absolute Gasteiger partial charge is 0.433 e. The number of piperazine rings is 1. The Morgan fingerprint density at radius 2 is 1.73 bits per heavy atom. The van der Waals surface area contributed by atoms with Gasteiger partial charge < -0.3 is 19.9 Å². The molecule has 0 bridgehead atoms. The molecular formula is C26H24F5N5O. The van der Waals surface area contributed by atoms with Gasteiger partial charge >= 0.3 is 6.18 Å². The Kier molecular flexibility index (Phi) is 6.49. The number of halogens is 5. The molecular weight excluding hydrogens is 493 g/mol. The topological polar surface area (TPSA) is 53.5 Å². The molecule has 1 fully saturated rings. The van der Waals surface area contributed by atoms with Gasteiger partial charge in [-0.25, -0.2) is 9.37 Å². The van der Waals surface area contributed by atoms with Gasteiger partial charge in [0.15, 0.2) is 17.4 Å². The molecule has 0 spiro atoms. The first-order valence-electron chi connectivity index (χ1n) is 11.7. The number of likely N-dealkylation sites (N-methyl/N-ethyl adjacent to an activating group) is 1. The highest BCUT2D eigenvalue weighted by molar-refractivity contribution is 5.67. The summed E-state index contributed by atoms with van der Waals surface area (Å²) in [5.74, 6) is -2.88. The van der Waals surface area contributed by atoms with Gasteiger partial charge in [0.25, 0.3) is 5.88 Å². The molecule has 5 rings (SSSR count). The van der Waals surface area contributed by atoms with Gasteiger partial charge in [0.1, 0.15) is 6.33 Å². The maximum Gasteiger partial charge on any atom is 0.418 e. The van der Waals surface area contributed by atoms with Crippen LogP contribution < -0.4 is 15.0 Å². The van der Waals surface area contributed by atoms with Gasteiger partial charge in [-0.3, -0.25) is 0 Å². The number of allylic oxidation sites excluding steroid dienone is 1. The van der Waals surface area contributed by atoms with Crippen LogP contribution >= 0.6 is 0 Å². The van der Waals surface area contributed by atoms with Crippen molar-refractivity contribution in [2.75, 3.05) is 43.4 Å². The average Bonchev–Trinajstić information content (AvgIpc) is 3.24. The molecule has 0 saturated carbocycles. The van der Waals surface area contributed by atoms with E-state index in [1.54, 1.807) is 17.0 Å². The number of ether oxygens (including phenoxy) is 1. The third-order valence-electron chi connectivity index (χ3n) is 6.47. The first-order valence-corrected chi connectivity index (χ1v) is 11.7. The molecule has 0 atom stereocenters. The SMILES string of the molecule is CC1=Cc2c(ccc(Oc3ncnc(Nc4ccc(N5CCN(C)CC5)c(C(F)(F)F)c4)c3F)c2F)C1. The van der Waals surface area contributed by atoms with Crippen molar-refractivity contribution >= 4 is 23.3 Å². The van der Waals surface area contributed by atoms with Crippen molar-refractivity contribution in [1.82, 2.24) is 14.9 Å². The maximum atomic E-state index is 15.2. The molecule has 1 saturated heterocycles. The fourth-order valence-electron chi connectivity index (χ4n) is 4.52. The number of nitrogens with zero attached hydrogens (tertiary/aromatic N) is 4. The maximum absolute atomic E-state index is 15.2. The van der Waals surface area contributed by atoms with E-state index in [2.05, 4.69) is 15.3 Å². The van der Waals surface area contributed by atoms with Crippen LogP contribution in [0.2, 0.25) is 0 Å². The lowest BCUT2D eigenvalue weighted by molar-refractivity contribution is -0.137. The van der Waals surface area contributed by atoms with Crippen LogP contribution in [0.1, 0.15) is 23.6 Å². The van der Waals surface area contributed by atoms with E-state index in [0.29, 0.717) is 38.2 Å². The number of hydrogen-bond donors (Lipinski definition) is 1. The molecule has 0 unspecified atom stereocenters. The summed E-state index contributed by atoms with van der Waals surface area (Å²) in [5.41, 5.74) is 1.38. The second-order valence-electron chi connectivity index (χ2n) is 9.21. The van der Waals surface area contributed by atoms with Crippen LogP contribution in [0, 0.1) is 11.6 Å². The van der Waals surface area contributed by atoms with Gasteiger partial charge in [-0.15, -0.1) is 0 Å². The van der Waals surface area contributed by atoms with E-state index in [-0.39, 0.29) is 17.1 Å². The molecule has 2 aliphatic rings. The fraction of sp³-hybridized carbons (Fsp3) is 0.308. The second kappa shape index (κ2) is 9.62. The second-order valence-corrected chi connectivity index (χ2v) is 9.21. The number of rotatable bonds is 5. The Balaban J connectivity index is 1.41. The van der Waals surface area contributed by atoms with Crippen molar-refractivity contribution in [3.63, 3.8) is 0 Å². The van der Waals surface area contributed by atoms with Gasteiger partial charge in [0.05, 0.1) is 5.56 Å². The van der Waals surface area contributed by atoms with E-state index in [4.69, 9.17) is 4.74 Å². The number of anilines is 3. The van der Waals surface area contributed by atoms with Gasteiger partial charge in [0, 0.05) is 43.1 Å². The molecule has 11 heteroatoms. The third kappa shape index (κ3) is 5.08. The van der Waals surface area contributed by atoms with Crippen LogP contribution in [-0.4, -0.2) is 48.1 Å². The highest BCUT2D eigenvalue weighted by Gasteiger charge is 2.36. The minimum atomic E-state index is -4.62. The summed E-state index contributed by atoms with van der Waals surface area (Å²) >= 11 is 0. The standard InChI is InChI=1S/C26H24F5N5O/c1-15-11-16-3-6-21(22(27)18(16)12-15)37-25-23(28)24(32-14-33-25)34-17-4-5-20(19(13-17)26(29,30)31)36-9-7-35(2)8-10-36/h3-6,12-14H,7-11H2,1-2H3,(H,32,33,34). The molecule has 2 aromatic carbocycles. The van der Waals surface area contributed by atoms with Crippen molar-refractivity contribution in [2.24, 2.45) is 0 Å². The molecule has 1 N–H and O–H groups in total. The molecule has 3 aromatic rings. The van der Waals surface area contributed by atoms with E-state index in [0.717, 1.165) is 23.5 Å². The Bertz CT molecular complexity index is 1370. The molecule has 1 aromatic heterocycles. The van der Waals surface area contributed by atoms with E-state index < -0.39 is 35.1 Å². The van der Waals surface area contributed by atoms with Crippen LogP contribution in [0.5, 0.6) is 11.6 Å². The van der Waals surface area contributed by atoms with E-state index >= 15 is 4.39 Å². The van der Waals surface area contributed by atoms with Crippen LogP contribution in [0.3, 0.4) is 0 Å². The fourth-order valence-corrected chi connectivity index (χ4v) is 4.52. The van der Waals surface area contributed by atoms with Gasteiger partial charge in [-0.2, -0.15) is 22.5 Å². The summed E-state index contributed by atoms with van der Waals surface area (Å²) in [7, 11) is 1.92. The number of alkyl halides is 3. The first kappa shape index (κ1) is 24.9. The quantitative estimate of drug-likeness (QED) is 0.418. The Labute approximate surface area is 210 Å². The predicted octanol–water partition coefficient (Wildman–Crippen LogP) is 6.02. The lowest BCUT2D eigenvalue weighted by atomic mass is 10.1. The highest BCUT2D eigenvalue weighted by atomic mass is 19.4. The summed E-state index contributed by atoms with van der Waals surface area (Å²) in [6.07, 6.45) is -1.31. The predicted molar refractivity (Wildman–Crippen MR) is 130 cm³/mol. The zero-order valence-electron chi connectivity index (χ0n) is 20.2. The van der Waals surface area contributed by atoms with Crippen LogP contribution in [0.25, 0.3) is 6.08 Å². The van der Waals surface area contributed by atoms with Gasteiger partial charge in [-0.1, -0.05) is 17.7 Å². The Morgan fingerprint density at radius 3 is 2.46 bits per heavy atom. The Morgan fingerprint density at radius 1 is 0.973 bits per heavy atom. The summed E-state index contributed by atoms with van der Waals surface area (Å²) in [4.78, 5) is 11.3. The summed E-state index contributed by atoms with van der Waals surface area (Å²) in [6.45, 7) is 4.09. The van der Waals surface area contributed by atoms with Crippen LogP contribution in [-0.2, 0) is 12.6 Å². The van der Waals surface area contributed by atoms with Crippen molar-refractivity contribution in [3.05, 3.63) is 70.6 Å². The third-order valence-corrected chi connectivity index (χ3v) is 6.47. The molecule has 2 heterocycles. The minimum absolute atomic E-state index is 0.0157. The number of nitrogens with one attached hydrogen (secondary N) is 1. The average molecular weight is 518 g/mol. The van der Waals surface area contributed by atoms with Crippen molar-refractivity contribution in [2.45, 2.75) is 19.5 Å². The number of benzene rings is 2. The monoisotopic (exact) mass is 517 g/mol. The zero-order chi connectivity index (χ0) is 26.3. The molecule has 0 amide bonds.